The third-order valence-corrected chi connectivity index (χ3v) is 9.68. The van der Waals surface area contributed by atoms with Gasteiger partial charge < -0.3 is 13.7 Å². The maximum absolute atomic E-state index is 6.20. The van der Waals surface area contributed by atoms with Crippen molar-refractivity contribution in [3.05, 3.63) is 176 Å². The second kappa shape index (κ2) is 11.0. The van der Waals surface area contributed by atoms with Gasteiger partial charge in [-0.25, -0.2) is 0 Å². The molecule has 3 heteroatoms. The van der Waals surface area contributed by atoms with Gasteiger partial charge in [0, 0.05) is 38.6 Å². The van der Waals surface area contributed by atoms with E-state index in [0.717, 1.165) is 72.1 Å². The zero-order chi connectivity index (χ0) is 32.3. The Hall–Kier alpha value is -6.58. The average Bonchev–Trinajstić information content (AvgIpc) is 3.74. The van der Waals surface area contributed by atoms with Crippen molar-refractivity contribution >= 4 is 71.7 Å². The molecule has 49 heavy (non-hydrogen) atoms. The van der Waals surface area contributed by atoms with Gasteiger partial charge in [0.05, 0.1) is 0 Å². The van der Waals surface area contributed by atoms with Crippen LogP contribution in [0.4, 0.5) is 17.1 Å². The van der Waals surface area contributed by atoms with E-state index in [1.165, 1.54) is 21.9 Å². The molecule has 0 saturated carbocycles. The highest BCUT2D eigenvalue weighted by atomic mass is 16.3. The molecule has 0 spiro atoms. The molecule has 10 rings (SSSR count). The SMILES string of the molecule is c1ccc2c(-c3ccc(N(c4ccc(-c5cccc6oc7ccccc7c56)cc4)c4ccc5oc6ccccc6c5c4)cc3)cccc2c1. The fraction of sp³-hybridized carbons (Fsp3) is 0. The van der Waals surface area contributed by atoms with Crippen LogP contribution in [0.3, 0.4) is 0 Å². The molecule has 0 aliphatic carbocycles. The van der Waals surface area contributed by atoms with Crippen molar-refractivity contribution in [1.82, 2.24) is 0 Å². The van der Waals surface area contributed by atoms with Crippen LogP contribution >= 0.6 is 0 Å². The lowest BCUT2D eigenvalue weighted by Gasteiger charge is -2.26. The molecule has 0 fully saturated rings. The van der Waals surface area contributed by atoms with Gasteiger partial charge in [-0.1, -0.05) is 115 Å². The van der Waals surface area contributed by atoms with E-state index in [1.54, 1.807) is 0 Å². The fourth-order valence-corrected chi connectivity index (χ4v) is 7.37. The first-order valence-electron chi connectivity index (χ1n) is 16.6. The number of anilines is 3. The number of furan rings is 2. The van der Waals surface area contributed by atoms with Crippen molar-refractivity contribution in [2.75, 3.05) is 4.90 Å². The number of hydrogen-bond donors (Lipinski definition) is 0. The molecule has 3 nitrogen and oxygen atoms in total. The summed E-state index contributed by atoms with van der Waals surface area (Å²) in [5.74, 6) is 0. The number of para-hydroxylation sites is 2. The van der Waals surface area contributed by atoms with Gasteiger partial charge in [0.25, 0.3) is 0 Å². The van der Waals surface area contributed by atoms with Crippen LogP contribution in [0.25, 0.3) is 76.9 Å². The van der Waals surface area contributed by atoms with Gasteiger partial charge in [0.2, 0.25) is 0 Å². The zero-order valence-corrected chi connectivity index (χ0v) is 26.5. The molecule has 0 amide bonds. The van der Waals surface area contributed by atoms with Crippen LogP contribution in [-0.2, 0) is 0 Å². The molecule has 2 aromatic heterocycles. The van der Waals surface area contributed by atoms with E-state index in [4.69, 9.17) is 8.83 Å². The highest BCUT2D eigenvalue weighted by molar-refractivity contribution is 6.12. The van der Waals surface area contributed by atoms with Gasteiger partial charge >= 0.3 is 0 Å². The Morgan fingerprint density at radius 1 is 0.327 bits per heavy atom. The van der Waals surface area contributed by atoms with Crippen LogP contribution in [0, 0.1) is 0 Å². The van der Waals surface area contributed by atoms with E-state index < -0.39 is 0 Å². The maximum Gasteiger partial charge on any atom is 0.136 e. The number of rotatable bonds is 5. The number of fused-ring (bicyclic) bond motifs is 7. The monoisotopic (exact) mass is 627 g/mol. The summed E-state index contributed by atoms with van der Waals surface area (Å²) in [5.41, 5.74) is 11.5. The molecule has 0 aliphatic rings. The summed E-state index contributed by atoms with van der Waals surface area (Å²) in [6, 6.07) is 62.1. The third-order valence-electron chi connectivity index (χ3n) is 9.68. The summed E-state index contributed by atoms with van der Waals surface area (Å²) in [7, 11) is 0. The Morgan fingerprint density at radius 2 is 0.837 bits per heavy atom. The molecule has 0 saturated heterocycles. The summed E-state index contributed by atoms with van der Waals surface area (Å²) < 4.78 is 12.4. The van der Waals surface area contributed by atoms with Crippen LogP contribution in [-0.4, -0.2) is 0 Å². The van der Waals surface area contributed by atoms with Gasteiger partial charge in [-0.15, -0.1) is 0 Å². The number of hydrogen-bond acceptors (Lipinski definition) is 3. The second-order valence-corrected chi connectivity index (χ2v) is 12.5. The largest absolute Gasteiger partial charge is 0.456 e. The number of benzene rings is 8. The van der Waals surface area contributed by atoms with E-state index in [2.05, 4.69) is 150 Å². The smallest absolute Gasteiger partial charge is 0.136 e. The molecule has 230 valence electrons. The highest BCUT2D eigenvalue weighted by Crippen LogP contribution is 2.42. The predicted molar refractivity (Wildman–Crippen MR) is 204 cm³/mol. The van der Waals surface area contributed by atoms with Crippen molar-refractivity contribution in [2.45, 2.75) is 0 Å². The summed E-state index contributed by atoms with van der Waals surface area (Å²) in [5, 5.41) is 6.98. The third kappa shape index (κ3) is 4.51. The first kappa shape index (κ1) is 27.5. The minimum atomic E-state index is 0.881. The molecule has 0 aliphatic heterocycles. The Bertz CT molecular complexity index is 2820. The minimum Gasteiger partial charge on any atom is -0.456 e. The van der Waals surface area contributed by atoms with Crippen LogP contribution < -0.4 is 4.90 Å². The normalized spacial score (nSPS) is 11.7. The lowest BCUT2D eigenvalue weighted by atomic mass is 9.97. The van der Waals surface area contributed by atoms with Crippen LogP contribution in [0.2, 0.25) is 0 Å². The maximum atomic E-state index is 6.20. The molecule has 8 aromatic carbocycles. The molecular formula is C46H29NO2. The van der Waals surface area contributed by atoms with Crippen LogP contribution in [0.15, 0.2) is 185 Å². The highest BCUT2D eigenvalue weighted by Gasteiger charge is 2.17. The van der Waals surface area contributed by atoms with Crippen LogP contribution in [0.1, 0.15) is 0 Å². The lowest BCUT2D eigenvalue weighted by molar-refractivity contribution is 0.668. The van der Waals surface area contributed by atoms with E-state index in [0.29, 0.717) is 0 Å². The quantitative estimate of drug-likeness (QED) is 0.190. The summed E-state index contributed by atoms with van der Waals surface area (Å²) in [4.78, 5) is 2.33. The molecule has 0 atom stereocenters. The van der Waals surface area contributed by atoms with Gasteiger partial charge in [0.15, 0.2) is 0 Å². The molecule has 10 aromatic rings. The Labute approximate surface area is 282 Å². The van der Waals surface area contributed by atoms with E-state index in [9.17, 15) is 0 Å². The van der Waals surface area contributed by atoms with E-state index >= 15 is 0 Å². The topological polar surface area (TPSA) is 29.5 Å². The first-order chi connectivity index (χ1) is 24.3. The van der Waals surface area contributed by atoms with Crippen molar-refractivity contribution in [1.29, 1.82) is 0 Å². The summed E-state index contributed by atoms with van der Waals surface area (Å²) in [6.07, 6.45) is 0. The van der Waals surface area contributed by atoms with Gasteiger partial charge in [0.1, 0.15) is 22.3 Å². The molecule has 0 N–H and O–H groups in total. The Morgan fingerprint density at radius 3 is 1.61 bits per heavy atom. The van der Waals surface area contributed by atoms with E-state index in [-0.39, 0.29) is 0 Å². The Balaban J connectivity index is 1.11. The molecular weight excluding hydrogens is 599 g/mol. The lowest BCUT2D eigenvalue weighted by Crippen LogP contribution is -2.09. The molecule has 0 radical (unpaired) electrons. The minimum absolute atomic E-state index is 0.881. The number of nitrogens with zero attached hydrogens (tertiary/aromatic N) is 1. The summed E-state index contributed by atoms with van der Waals surface area (Å²) in [6.45, 7) is 0. The van der Waals surface area contributed by atoms with Crippen molar-refractivity contribution < 1.29 is 8.83 Å². The van der Waals surface area contributed by atoms with Gasteiger partial charge in [-0.2, -0.15) is 0 Å². The van der Waals surface area contributed by atoms with Gasteiger partial charge in [-0.05, 0) is 93.7 Å². The predicted octanol–water partition coefficient (Wildman–Crippen LogP) is 13.4. The summed E-state index contributed by atoms with van der Waals surface area (Å²) >= 11 is 0. The van der Waals surface area contributed by atoms with Crippen LogP contribution in [0.5, 0.6) is 0 Å². The molecule has 0 bridgehead atoms. The zero-order valence-electron chi connectivity index (χ0n) is 26.5. The average molecular weight is 628 g/mol. The van der Waals surface area contributed by atoms with Crippen molar-refractivity contribution in [2.24, 2.45) is 0 Å². The van der Waals surface area contributed by atoms with E-state index in [1.807, 2.05) is 30.3 Å². The Kier molecular flexibility index (Phi) is 6.18. The van der Waals surface area contributed by atoms with Crippen molar-refractivity contribution in [3.8, 4) is 22.3 Å². The molecule has 2 heterocycles. The second-order valence-electron chi connectivity index (χ2n) is 12.5. The fourth-order valence-electron chi connectivity index (χ4n) is 7.37. The van der Waals surface area contributed by atoms with Gasteiger partial charge in [-0.3, -0.25) is 0 Å². The standard InChI is InChI=1S/C46H29NO2/c1-2-11-36-30(9-1)10-7-14-37(36)31-19-23-33(24-20-31)47(35-27-28-44-41(29-35)39-12-3-5-16-42(39)48-44)34-25-21-32(22-26-34)38-15-8-18-45-46(38)40-13-4-6-17-43(40)49-45/h1-29H. The van der Waals surface area contributed by atoms with Crippen molar-refractivity contribution in [3.63, 3.8) is 0 Å². The first-order valence-corrected chi connectivity index (χ1v) is 16.6. The molecule has 0 unspecified atom stereocenters.